The molecule has 0 atom stereocenters. The molecule has 0 spiro atoms. The molecule has 1 N–H and O–H groups in total. The topological polar surface area (TPSA) is 30.5 Å². The summed E-state index contributed by atoms with van der Waals surface area (Å²) in [6.07, 6.45) is -4.24. The van der Waals surface area contributed by atoms with Crippen LogP contribution in [0.5, 0.6) is 0 Å². The van der Waals surface area contributed by atoms with Crippen molar-refractivity contribution in [3.05, 3.63) is 0 Å². The molecule has 0 amide bonds. The van der Waals surface area contributed by atoms with E-state index in [-0.39, 0.29) is 6.61 Å². The van der Waals surface area contributed by atoms with Gasteiger partial charge in [0.05, 0.1) is 13.2 Å². The normalized spacial score (nSPS) is 12.4. The SMILES string of the molecule is CC(C)COCCNCCOCC(F)(F)F. The van der Waals surface area contributed by atoms with Crippen molar-refractivity contribution in [3.8, 4) is 0 Å². The van der Waals surface area contributed by atoms with Gasteiger partial charge in [-0.3, -0.25) is 0 Å². The van der Waals surface area contributed by atoms with Crippen molar-refractivity contribution in [3.63, 3.8) is 0 Å². The van der Waals surface area contributed by atoms with Gasteiger partial charge in [0.1, 0.15) is 6.61 Å². The van der Waals surface area contributed by atoms with Gasteiger partial charge in [0.2, 0.25) is 0 Å². The Morgan fingerprint density at radius 2 is 1.62 bits per heavy atom. The summed E-state index contributed by atoms with van der Waals surface area (Å²) in [7, 11) is 0. The molecule has 6 heteroatoms. The zero-order valence-electron chi connectivity index (χ0n) is 9.77. The molecule has 0 heterocycles. The van der Waals surface area contributed by atoms with Crippen LogP contribution >= 0.6 is 0 Å². The predicted molar refractivity (Wildman–Crippen MR) is 55.4 cm³/mol. The highest BCUT2D eigenvalue weighted by Crippen LogP contribution is 2.13. The Balaban J connectivity index is 3.05. The lowest BCUT2D eigenvalue weighted by Gasteiger charge is -2.09. The molecule has 16 heavy (non-hydrogen) atoms. The van der Waals surface area contributed by atoms with E-state index in [2.05, 4.69) is 23.9 Å². The van der Waals surface area contributed by atoms with Crippen molar-refractivity contribution < 1.29 is 22.6 Å². The van der Waals surface area contributed by atoms with Crippen molar-refractivity contribution in [2.75, 3.05) is 39.5 Å². The average Bonchev–Trinajstić information content (AvgIpc) is 2.13. The standard InChI is InChI=1S/C10H20F3NO2/c1-9(2)7-15-5-3-14-4-6-16-8-10(11,12)13/h9,14H,3-8H2,1-2H3. The molecule has 0 aliphatic heterocycles. The number of ether oxygens (including phenoxy) is 2. The quantitative estimate of drug-likeness (QED) is 0.627. The first-order valence-electron chi connectivity index (χ1n) is 5.35. The molecule has 0 aliphatic carbocycles. The fourth-order valence-corrected chi connectivity index (χ4v) is 0.921. The maximum Gasteiger partial charge on any atom is 0.411 e. The van der Waals surface area contributed by atoms with Gasteiger partial charge in [0.25, 0.3) is 0 Å². The molecule has 0 radical (unpaired) electrons. The van der Waals surface area contributed by atoms with Gasteiger partial charge in [0, 0.05) is 19.7 Å². The van der Waals surface area contributed by atoms with Crippen LogP contribution in [0, 0.1) is 5.92 Å². The number of rotatable bonds is 9. The Hall–Kier alpha value is -0.330. The van der Waals surface area contributed by atoms with Crippen LogP contribution in [0.25, 0.3) is 0 Å². The summed E-state index contributed by atoms with van der Waals surface area (Å²) in [5.74, 6) is 0.495. The Bertz CT molecular complexity index is 163. The van der Waals surface area contributed by atoms with E-state index in [1.807, 2.05) is 0 Å². The van der Waals surface area contributed by atoms with Crippen LogP contribution in [0.1, 0.15) is 13.8 Å². The molecule has 0 aromatic rings. The van der Waals surface area contributed by atoms with E-state index < -0.39 is 12.8 Å². The summed E-state index contributed by atoms with van der Waals surface area (Å²) in [5, 5.41) is 2.93. The Labute approximate surface area is 94.3 Å². The van der Waals surface area contributed by atoms with Gasteiger partial charge in [-0.05, 0) is 5.92 Å². The van der Waals surface area contributed by atoms with Gasteiger partial charge >= 0.3 is 6.18 Å². The fraction of sp³-hybridized carbons (Fsp3) is 1.00. The first-order valence-corrected chi connectivity index (χ1v) is 5.35. The molecule has 0 aliphatic rings. The number of alkyl halides is 3. The maximum absolute atomic E-state index is 11.6. The summed E-state index contributed by atoms with van der Waals surface area (Å²) in [4.78, 5) is 0. The van der Waals surface area contributed by atoms with Crippen LogP contribution < -0.4 is 5.32 Å². The van der Waals surface area contributed by atoms with Crippen LogP contribution in [-0.4, -0.2) is 45.7 Å². The van der Waals surface area contributed by atoms with E-state index in [1.54, 1.807) is 0 Å². The Morgan fingerprint density at radius 1 is 1.06 bits per heavy atom. The smallest absolute Gasteiger partial charge is 0.380 e. The molecule has 0 fully saturated rings. The Morgan fingerprint density at radius 3 is 2.12 bits per heavy atom. The number of hydrogen-bond acceptors (Lipinski definition) is 3. The first kappa shape index (κ1) is 15.7. The van der Waals surface area contributed by atoms with Crippen LogP contribution in [0.4, 0.5) is 13.2 Å². The van der Waals surface area contributed by atoms with E-state index in [0.717, 1.165) is 0 Å². The van der Waals surface area contributed by atoms with Gasteiger partial charge in [-0.25, -0.2) is 0 Å². The van der Waals surface area contributed by atoms with E-state index in [0.29, 0.717) is 32.2 Å². The van der Waals surface area contributed by atoms with E-state index in [4.69, 9.17) is 4.74 Å². The van der Waals surface area contributed by atoms with Gasteiger partial charge in [0.15, 0.2) is 0 Å². The molecule has 0 rings (SSSR count). The molecule has 3 nitrogen and oxygen atoms in total. The molecule has 0 aromatic carbocycles. The van der Waals surface area contributed by atoms with Crippen LogP contribution in [0.15, 0.2) is 0 Å². The third-order valence-corrected chi connectivity index (χ3v) is 1.56. The fourth-order valence-electron chi connectivity index (χ4n) is 0.921. The van der Waals surface area contributed by atoms with Crippen LogP contribution in [0.3, 0.4) is 0 Å². The first-order chi connectivity index (χ1) is 7.42. The number of halogens is 3. The summed E-state index contributed by atoms with van der Waals surface area (Å²) in [6, 6.07) is 0. The van der Waals surface area contributed by atoms with Crippen LogP contribution in [-0.2, 0) is 9.47 Å². The summed E-state index contributed by atoms with van der Waals surface area (Å²) < 4.78 is 44.6. The summed E-state index contributed by atoms with van der Waals surface area (Å²) in [5.41, 5.74) is 0. The lowest BCUT2D eigenvalue weighted by Crippen LogP contribution is -2.26. The zero-order valence-corrected chi connectivity index (χ0v) is 9.77. The number of hydrogen-bond donors (Lipinski definition) is 1. The van der Waals surface area contributed by atoms with Gasteiger partial charge in [-0.15, -0.1) is 0 Å². The third kappa shape index (κ3) is 13.7. The molecule has 0 saturated carbocycles. The molecule has 98 valence electrons. The number of nitrogens with one attached hydrogen (secondary N) is 1. The monoisotopic (exact) mass is 243 g/mol. The predicted octanol–water partition coefficient (Wildman–Crippen LogP) is 1.83. The van der Waals surface area contributed by atoms with Crippen molar-refractivity contribution in [2.24, 2.45) is 5.92 Å². The van der Waals surface area contributed by atoms with Gasteiger partial charge in [-0.1, -0.05) is 13.8 Å². The average molecular weight is 243 g/mol. The lowest BCUT2D eigenvalue weighted by atomic mass is 10.2. The van der Waals surface area contributed by atoms with E-state index in [9.17, 15) is 13.2 Å². The Kier molecular flexibility index (Phi) is 8.60. The van der Waals surface area contributed by atoms with Crippen molar-refractivity contribution in [2.45, 2.75) is 20.0 Å². The maximum atomic E-state index is 11.6. The van der Waals surface area contributed by atoms with Crippen LogP contribution in [0.2, 0.25) is 0 Å². The van der Waals surface area contributed by atoms with Crippen molar-refractivity contribution in [1.82, 2.24) is 5.32 Å². The minimum absolute atomic E-state index is 0.0592. The zero-order chi connectivity index (χ0) is 12.4. The second kappa shape index (κ2) is 8.78. The molecule has 0 unspecified atom stereocenters. The third-order valence-electron chi connectivity index (χ3n) is 1.56. The van der Waals surface area contributed by atoms with Gasteiger partial charge < -0.3 is 14.8 Å². The van der Waals surface area contributed by atoms with Crippen molar-refractivity contribution >= 4 is 0 Å². The highest BCUT2D eigenvalue weighted by molar-refractivity contribution is 4.49. The van der Waals surface area contributed by atoms with Gasteiger partial charge in [-0.2, -0.15) is 13.2 Å². The summed E-state index contributed by atoms with van der Waals surface area (Å²) >= 11 is 0. The second-order valence-corrected chi connectivity index (χ2v) is 3.89. The molecule has 0 aromatic heterocycles. The minimum atomic E-state index is -4.24. The van der Waals surface area contributed by atoms with Crippen molar-refractivity contribution in [1.29, 1.82) is 0 Å². The molecular formula is C10H20F3NO2. The minimum Gasteiger partial charge on any atom is -0.380 e. The molecule has 0 bridgehead atoms. The second-order valence-electron chi connectivity index (χ2n) is 3.89. The summed E-state index contributed by atoms with van der Waals surface area (Å²) in [6.45, 7) is 5.28. The molecule has 0 saturated heterocycles. The highest BCUT2D eigenvalue weighted by atomic mass is 19.4. The van der Waals surface area contributed by atoms with E-state index >= 15 is 0 Å². The lowest BCUT2D eigenvalue weighted by molar-refractivity contribution is -0.173. The largest absolute Gasteiger partial charge is 0.411 e. The molecular weight excluding hydrogens is 223 g/mol. The van der Waals surface area contributed by atoms with E-state index in [1.165, 1.54) is 0 Å². The highest BCUT2D eigenvalue weighted by Gasteiger charge is 2.27.